The summed E-state index contributed by atoms with van der Waals surface area (Å²) in [4.78, 5) is 25.1. The molecule has 0 saturated heterocycles. The minimum absolute atomic E-state index is 0.212. The lowest BCUT2D eigenvalue weighted by atomic mass is 10.2. The van der Waals surface area contributed by atoms with Crippen molar-refractivity contribution in [2.45, 2.75) is 40.7 Å². The van der Waals surface area contributed by atoms with Crippen LogP contribution in [0.15, 0.2) is 16.7 Å². The van der Waals surface area contributed by atoms with Crippen LogP contribution in [0.25, 0.3) is 5.82 Å². The zero-order valence-corrected chi connectivity index (χ0v) is 14.0. The van der Waals surface area contributed by atoms with Crippen LogP contribution in [-0.2, 0) is 4.79 Å². The van der Waals surface area contributed by atoms with Gasteiger partial charge < -0.3 is 14.5 Å². The molecule has 124 valence electrons. The summed E-state index contributed by atoms with van der Waals surface area (Å²) in [6.45, 7) is 8.73. The molecule has 2 heterocycles. The Morgan fingerprint density at radius 1 is 1.30 bits per heavy atom. The second-order valence-electron chi connectivity index (χ2n) is 5.84. The monoisotopic (exact) mass is 319 g/mol. The molecule has 0 bridgehead atoms. The second kappa shape index (κ2) is 6.28. The largest absolute Gasteiger partial charge is 0.480 e. The van der Waals surface area contributed by atoms with E-state index in [1.54, 1.807) is 32.9 Å². The molecular weight excluding hydrogens is 298 g/mol. The number of aryl methyl sites for hydroxylation is 2. The number of carbonyl (C=O) groups is 2. The fourth-order valence-electron chi connectivity index (χ4n) is 2.58. The van der Waals surface area contributed by atoms with Crippen LogP contribution in [0.2, 0.25) is 0 Å². The highest BCUT2D eigenvalue weighted by molar-refractivity contribution is 5.97. The van der Waals surface area contributed by atoms with Gasteiger partial charge in [-0.3, -0.25) is 14.2 Å². The van der Waals surface area contributed by atoms with E-state index in [4.69, 9.17) is 9.63 Å². The van der Waals surface area contributed by atoms with Crippen LogP contribution in [0.4, 0.5) is 0 Å². The van der Waals surface area contributed by atoms with E-state index in [9.17, 15) is 9.59 Å². The van der Waals surface area contributed by atoms with Crippen LogP contribution < -0.4 is 0 Å². The van der Waals surface area contributed by atoms with Gasteiger partial charge in [0, 0.05) is 23.5 Å². The summed E-state index contributed by atoms with van der Waals surface area (Å²) >= 11 is 0. The first kappa shape index (κ1) is 16.8. The van der Waals surface area contributed by atoms with Crippen molar-refractivity contribution in [2.24, 2.45) is 0 Å². The smallest absolute Gasteiger partial charge is 0.323 e. The molecule has 23 heavy (non-hydrogen) atoms. The molecule has 1 amide bonds. The predicted molar refractivity (Wildman–Crippen MR) is 83.8 cm³/mol. The maximum Gasteiger partial charge on any atom is 0.323 e. The van der Waals surface area contributed by atoms with Crippen molar-refractivity contribution >= 4 is 11.9 Å². The summed E-state index contributed by atoms with van der Waals surface area (Å²) in [5.41, 5.74) is 2.01. The maximum absolute atomic E-state index is 12.8. The number of aromatic nitrogens is 2. The summed E-state index contributed by atoms with van der Waals surface area (Å²) in [7, 11) is 0. The van der Waals surface area contributed by atoms with Crippen molar-refractivity contribution in [3.05, 3.63) is 34.8 Å². The van der Waals surface area contributed by atoms with Crippen molar-refractivity contribution in [3.63, 3.8) is 0 Å². The van der Waals surface area contributed by atoms with Crippen LogP contribution in [0.5, 0.6) is 0 Å². The van der Waals surface area contributed by atoms with Gasteiger partial charge in [-0.1, -0.05) is 5.16 Å². The van der Waals surface area contributed by atoms with E-state index in [1.807, 2.05) is 18.4 Å². The van der Waals surface area contributed by atoms with Gasteiger partial charge >= 0.3 is 5.97 Å². The van der Waals surface area contributed by atoms with Gasteiger partial charge in [-0.05, 0) is 40.7 Å². The Hall–Kier alpha value is -2.57. The van der Waals surface area contributed by atoms with Gasteiger partial charge in [-0.15, -0.1) is 0 Å². The second-order valence-corrected chi connectivity index (χ2v) is 5.84. The molecule has 2 aromatic heterocycles. The SMILES string of the molecule is Cc1cc(-n2c(C)cc(C(=O)N(CC(=O)O)C(C)C)c2C)no1. The third kappa shape index (κ3) is 3.28. The Balaban J connectivity index is 2.44. The van der Waals surface area contributed by atoms with E-state index in [0.29, 0.717) is 22.8 Å². The quantitative estimate of drug-likeness (QED) is 0.913. The number of carboxylic acid groups (broad SMARTS) is 1. The number of rotatable bonds is 5. The zero-order valence-electron chi connectivity index (χ0n) is 14.0. The highest BCUT2D eigenvalue weighted by Crippen LogP contribution is 2.22. The molecule has 0 aromatic carbocycles. The molecule has 7 nitrogen and oxygen atoms in total. The lowest BCUT2D eigenvalue weighted by Gasteiger charge is -2.24. The topological polar surface area (TPSA) is 88.6 Å². The summed E-state index contributed by atoms with van der Waals surface area (Å²) in [5, 5.41) is 13.0. The molecule has 1 N–H and O–H groups in total. The standard InChI is InChI=1S/C16H21N3O4/c1-9(2)18(8-15(20)21)16(22)13-6-10(3)19(12(13)5)14-7-11(4)23-17-14/h6-7,9H,8H2,1-5H3,(H,20,21). The molecule has 0 atom stereocenters. The molecule has 0 unspecified atom stereocenters. The Bertz CT molecular complexity index is 743. The third-order valence-electron chi connectivity index (χ3n) is 3.70. The zero-order chi connectivity index (χ0) is 17.3. The average molecular weight is 319 g/mol. The van der Waals surface area contributed by atoms with E-state index in [2.05, 4.69) is 5.16 Å². The van der Waals surface area contributed by atoms with E-state index < -0.39 is 5.97 Å². The summed E-state index contributed by atoms with van der Waals surface area (Å²) < 4.78 is 6.92. The average Bonchev–Trinajstić information content (AvgIpc) is 2.98. The predicted octanol–water partition coefficient (Wildman–Crippen LogP) is 2.33. The van der Waals surface area contributed by atoms with E-state index >= 15 is 0 Å². The molecule has 0 aliphatic rings. The summed E-state index contributed by atoms with van der Waals surface area (Å²) in [6, 6.07) is 3.32. The molecular formula is C16H21N3O4. The normalized spacial score (nSPS) is 11.0. The van der Waals surface area contributed by atoms with E-state index in [1.165, 1.54) is 4.90 Å². The van der Waals surface area contributed by atoms with Crippen molar-refractivity contribution in [1.29, 1.82) is 0 Å². The summed E-state index contributed by atoms with van der Waals surface area (Å²) in [6.07, 6.45) is 0. The molecule has 0 aliphatic heterocycles. The molecule has 7 heteroatoms. The van der Waals surface area contributed by atoms with Crippen LogP contribution in [0, 0.1) is 20.8 Å². The number of amides is 1. The van der Waals surface area contributed by atoms with Crippen molar-refractivity contribution in [2.75, 3.05) is 6.54 Å². The van der Waals surface area contributed by atoms with Crippen LogP contribution in [0.3, 0.4) is 0 Å². The van der Waals surface area contributed by atoms with Gasteiger partial charge in [0.15, 0.2) is 5.82 Å². The molecule has 0 spiro atoms. The first-order valence-corrected chi connectivity index (χ1v) is 7.37. The highest BCUT2D eigenvalue weighted by Gasteiger charge is 2.25. The van der Waals surface area contributed by atoms with Crippen molar-refractivity contribution < 1.29 is 19.2 Å². The molecule has 0 saturated carbocycles. The van der Waals surface area contributed by atoms with Gasteiger partial charge in [0.2, 0.25) is 0 Å². The van der Waals surface area contributed by atoms with Crippen molar-refractivity contribution in [1.82, 2.24) is 14.6 Å². The molecule has 2 rings (SSSR count). The maximum atomic E-state index is 12.8. The fourth-order valence-corrected chi connectivity index (χ4v) is 2.58. The Morgan fingerprint density at radius 2 is 1.96 bits per heavy atom. The number of hydrogen-bond donors (Lipinski definition) is 1. The van der Waals surface area contributed by atoms with E-state index in [0.717, 1.165) is 5.69 Å². The van der Waals surface area contributed by atoms with Gasteiger partial charge in [-0.25, -0.2) is 0 Å². The van der Waals surface area contributed by atoms with E-state index in [-0.39, 0.29) is 18.5 Å². The number of carboxylic acids is 1. The lowest BCUT2D eigenvalue weighted by Crippen LogP contribution is -2.40. The Kier molecular flexibility index (Phi) is 4.58. The highest BCUT2D eigenvalue weighted by atomic mass is 16.5. The molecule has 2 aromatic rings. The number of aliphatic carboxylic acids is 1. The number of nitrogens with zero attached hydrogens (tertiary/aromatic N) is 3. The van der Waals surface area contributed by atoms with Crippen LogP contribution in [-0.4, -0.2) is 44.2 Å². The van der Waals surface area contributed by atoms with Crippen LogP contribution in [0.1, 0.15) is 41.4 Å². The summed E-state index contributed by atoms with van der Waals surface area (Å²) in [5.74, 6) is -0.0594. The number of carbonyl (C=O) groups excluding carboxylic acids is 1. The minimum Gasteiger partial charge on any atom is -0.480 e. The first-order chi connectivity index (χ1) is 10.7. The molecule has 0 radical (unpaired) electrons. The minimum atomic E-state index is -1.03. The number of hydrogen-bond acceptors (Lipinski definition) is 4. The van der Waals surface area contributed by atoms with Gasteiger partial charge in [-0.2, -0.15) is 0 Å². The lowest BCUT2D eigenvalue weighted by molar-refractivity contribution is -0.138. The van der Waals surface area contributed by atoms with Crippen molar-refractivity contribution in [3.8, 4) is 5.82 Å². The van der Waals surface area contributed by atoms with Gasteiger partial charge in [0.25, 0.3) is 5.91 Å². The van der Waals surface area contributed by atoms with Gasteiger partial charge in [0.1, 0.15) is 12.3 Å². The fraction of sp³-hybridized carbons (Fsp3) is 0.438. The molecule has 0 aliphatic carbocycles. The Morgan fingerprint density at radius 3 is 2.43 bits per heavy atom. The molecule has 0 fully saturated rings. The first-order valence-electron chi connectivity index (χ1n) is 7.37. The Labute approximate surface area is 134 Å². The van der Waals surface area contributed by atoms with Crippen LogP contribution >= 0.6 is 0 Å². The third-order valence-corrected chi connectivity index (χ3v) is 3.70. The van der Waals surface area contributed by atoms with Gasteiger partial charge in [0.05, 0.1) is 5.56 Å².